The lowest BCUT2D eigenvalue weighted by Crippen LogP contribution is -2.37. The lowest BCUT2D eigenvalue weighted by Gasteiger charge is -2.28. The molecule has 8 nitrogen and oxygen atoms in total. The van der Waals surface area contributed by atoms with Crippen LogP contribution in [0.25, 0.3) is 39.7 Å². The molecule has 0 bridgehead atoms. The second-order valence-electron chi connectivity index (χ2n) is 9.70. The molecule has 0 spiro atoms. The zero-order valence-corrected chi connectivity index (χ0v) is 21.9. The van der Waals surface area contributed by atoms with Crippen molar-refractivity contribution in [3.05, 3.63) is 52.2 Å². The Morgan fingerprint density at radius 2 is 1.89 bits per heavy atom. The molecule has 190 valence electrons. The number of pyridine rings is 1. The van der Waals surface area contributed by atoms with Gasteiger partial charge in [-0.15, -0.1) is 0 Å². The minimum atomic E-state index is -0.698. The summed E-state index contributed by atoms with van der Waals surface area (Å²) in [6.07, 6.45) is 6.99. The van der Waals surface area contributed by atoms with Crippen molar-refractivity contribution in [2.24, 2.45) is 0 Å². The molecule has 2 fully saturated rings. The molecular weight excluding hydrogens is 510 g/mol. The zero-order valence-electron chi connectivity index (χ0n) is 20.3. The molecular formula is C27H26ClN5O3S. The first-order valence-corrected chi connectivity index (χ1v) is 14.5. The summed E-state index contributed by atoms with van der Waals surface area (Å²) >= 11 is 6.52. The van der Waals surface area contributed by atoms with Gasteiger partial charge in [-0.25, -0.2) is 15.0 Å². The highest BCUT2D eigenvalue weighted by Gasteiger charge is 2.25. The van der Waals surface area contributed by atoms with Crippen molar-refractivity contribution in [1.82, 2.24) is 19.9 Å². The van der Waals surface area contributed by atoms with Gasteiger partial charge in [0.25, 0.3) is 0 Å². The van der Waals surface area contributed by atoms with Gasteiger partial charge in [0.05, 0.1) is 18.6 Å². The third kappa shape index (κ3) is 4.33. The molecule has 37 heavy (non-hydrogen) atoms. The smallest absolute Gasteiger partial charge is 0.229 e. The van der Waals surface area contributed by atoms with Crippen LogP contribution in [0, 0.1) is 0 Å². The summed E-state index contributed by atoms with van der Waals surface area (Å²) in [4.78, 5) is 19.3. The van der Waals surface area contributed by atoms with Crippen LogP contribution in [0.2, 0.25) is 5.02 Å². The molecule has 5 heterocycles. The highest BCUT2D eigenvalue weighted by molar-refractivity contribution is 7.85. The quantitative estimate of drug-likeness (QED) is 0.387. The molecule has 0 atom stereocenters. The number of nitrogens with zero attached hydrogens (tertiary/aromatic N) is 5. The highest BCUT2D eigenvalue weighted by atomic mass is 35.5. The van der Waals surface area contributed by atoms with Crippen LogP contribution < -0.4 is 4.90 Å². The average Bonchev–Trinajstić information content (AvgIpc) is 3.54. The number of hydrogen-bond acceptors (Lipinski definition) is 8. The average molecular weight is 536 g/mol. The third-order valence-corrected chi connectivity index (χ3v) is 8.78. The van der Waals surface area contributed by atoms with Gasteiger partial charge in [0.15, 0.2) is 17.2 Å². The Kier molecular flexibility index (Phi) is 5.96. The number of fused-ring (bicyclic) bond motifs is 4. The number of morpholine rings is 1. The number of anilines is 1. The summed E-state index contributed by atoms with van der Waals surface area (Å²) in [5.41, 5.74) is 6.26. The van der Waals surface area contributed by atoms with E-state index in [-0.39, 0.29) is 0 Å². The number of aromatic nitrogens is 3. The largest absolute Gasteiger partial charge is 0.432 e. The van der Waals surface area contributed by atoms with Gasteiger partial charge < -0.3 is 14.1 Å². The van der Waals surface area contributed by atoms with Gasteiger partial charge in [-0.05, 0) is 41.3 Å². The number of benzene rings is 1. The fourth-order valence-electron chi connectivity index (χ4n) is 5.38. The Bertz CT molecular complexity index is 1570. The van der Waals surface area contributed by atoms with Gasteiger partial charge in [-0.1, -0.05) is 23.8 Å². The van der Waals surface area contributed by atoms with Crippen LogP contribution in [0.1, 0.15) is 16.7 Å². The van der Waals surface area contributed by atoms with Gasteiger partial charge >= 0.3 is 0 Å². The van der Waals surface area contributed by atoms with E-state index >= 15 is 0 Å². The van der Waals surface area contributed by atoms with E-state index in [1.807, 2.05) is 18.3 Å². The van der Waals surface area contributed by atoms with Crippen molar-refractivity contribution < 1.29 is 13.4 Å². The third-order valence-electron chi connectivity index (χ3n) is 7.29. The minimum Gasteiger partial charge on any atom is -0.432 e. The van der Waals surface area contributed by atoms with Gasteiger partial charge in [0, 0.05) is 71.8 Å². The molecule has 0 unspecified atom stereocenters. The van der Waals surface area contributed by atoms with Crippen LogP contribution in [-0.2, 0) is 28.5 Å². The van der Waals surface area contributed by atoms with Crippen molar-refractivity contribution in [2.75, 3.05) is 55.8 Å². The molecule has 2 aliphatic heterocycles. The van der Waals surface area contributed by atoms with Crippen LogP contribution in [0.3, 0.4) is 0 Å². The summed E-state index contributed by atoms with van der Waals surface area (Å²) in [7, 11) is -0.698. The number of ether oxygens (including phenoxy) is 1. The van der Waals surface area contributed by atoms with E-state index in [1.165, 1.54) is 5.56 Å². The van der Waals surface area contributed by atoms with Crippen LogP contribution >= 0.6 is 11.6 Å². The molecule has 0 N–H and O–H groups in total. The van der Waals surface area contributed by atoms with Crippen molar-refractivity contribution >= 4 is 56.5 Å². The van der Waals surface area contributed by atoms with Gasteiger partial charge in [0.2, 0.25) is 5.71 Å². The van der Waals surface area contributed by atoms with E-state index < -0.39 is 10.8 Å². The minimum absolute atomic E-state index is 0.552. The van der Waals surface area contributed by atoms with E-state index in [0.717, 1.165) is 84.1 Å². The van der Waals surface area contributed by atoms with Crippen molar-refractivity contribution in [2.45, 2.75) is 13.0 Å². The predicted molar refractivity (Wildman–Crippen MR) is 146 cm³/mol. The van der Waals surface area contributed by atoms with Crippen LogP contribution in [-0.4, -0.2) is 75.0 Å². The molecule has 1 aromatic carbocycles. The molecule has 10 heteroatoms. The summed E-state index contributed by atoms with van der Waals surface area (Å²) in [6.45, 7) is 5.15. The van der Waals surface area contributed by atoms with Gasteiger partial charge in [0.1, 0.15) is 5.52 Å². The van der Waals surface area contributed by atoms with Crippen molar-refractivity contribution in [3.8, 4) is 11.4 Å². The number of furan rings is 1. The van der Waals surface area contributed by atoms with E-state index in [0.29, 0.717) is 35.4 Å². The lowest BCUT2D eigenvalue weighted by atomic mass is 10.0. The molecule has 2 saturated heterocycles. The molecule has 7 rings (SSSR count). The fourth-order valence-corrected chi connectivity index (χ4v) is 6.74. The standard InChI is InChI=1S/C27H26ClN5O3S/c28-19-13-18-2-1-3-20(18)21(14-19)25-30-23-22-12-17(16-32-6-10-37(34)11-7-32)15-29-27(22)36-24(23)26(31-25)33-4-8-35-9-5-33/h1,3,12-15H,2,4-11,16H2. The number of allylic oxidation sites excluding steroid dienone is 1. The van der Waals surface area contributed by atoms with Crippen LogP contribution in [0.5, 0.6) is 0 Å². The summed E-state index contributed by atoms with van der Waals surface area (Å²) in [5, 5.41) is 1.55. The summed E-state index contributed by atoms with van der Waals surface area (Å²) in [6, 6.07) is 6.09. The lowest BCUT2D eigenvalue weighted by molar-refractivity contribution is 0.122. The van der Waals surface area contributed by atoms with Gasteiger partial charge in [-0.3, -0.25) is 9.11 Å². The second-order valence-corrected chi connectivity index (χ2v) is 11.8. The normalized spacial score (nSPS) is 18.8. The molecule has 0 amide bonds. The van der Waals surface area contributed by atoms with E-state index in [4.69, 9.17) is 30.7 Å². The van der Waals surface area contributed by atoms with E-state index in [9.17, 15) is 4.21 Å². The molecule has 4 aromatic rings. The maximum Gasteiger partial charge on any atom is 0.229 e. The Balaban J connectivity index is 1.38. The Labute approximate surface area is 221 Å². The molecule has 3 aromatic heterocycles. The molecule has 1 aliphatic carbocycles. The first kappa shape index (κ1) is 23.3. The number of hydrogen-bond donors (Lipinski definition) is 0. The van der Waals surface area contributed by atoms with Crippen molar-refractivity contribution in [1.29, 1.82) is 0 Å². The van der Waals surface area contributed by atoms with Crippen LogP contribution in [0.15, 0.2) is 34.9 Å². The Hall–Kier alpha value is -2.85. The molecule has 0 radical (unpaired) electrons. The maximum absolute atomic E-state index is 11.8. The summed E-state index contributed by atoms with van der Waals surface area (Å²) < 4.78 is 23.7. The topological polar surface area (TPSA) is 84.6 Å². The highest BCUT2D eigenvalue weighted by Crippen LogP contribution is 2.38. The van der Waals surface area contributed by atoms with E-state index in [1.54, 1.807) is 0 Å². The molecule has 3 aliphatic rings. The number of rotatable bonds is 4. The molecule has 0 saturated carbocycles. The predicted octanol–water partition coefficient (Wildman–Crippen LogP) is 4.06. The van der Waals surface area contributed by atoms with Gasteiger partial charge in [-0.2, -0.15) is 0 Å². The Morgan fingerprint density at radius 1 is 1.05 bits per heavy atom. The number of halogens is 1. The second kappa shape index (κ2) is 9.47. The summed E-state index contributed by atoms with van der Waals surface area (Å²) in [5.74, 6) is 2.84. The maximum atomic E-state index is 11.8. The van der Waals surface area contributed by atoms with E-state index in [2.05, 4.69) is 33.0 Å². The SMILES string of the molecule is O=S1CCN(Cc2cnc3oc4c(N5CCOCC5)nc(-c5cc(Cl)cc6c5C=CC6)nc4c3c2)CC1. The zero-order chi connectivity index (χ0) is 24.9. The first-order chi connectivity index (χ1) is 18.1. The van der Waals surface area contributed by atoms with Crippen molar-refractivity contribution in [3.63, 3.8) is 0 Å². The Morgan fingerprint density at radius 3 is 2.73 bits per heavy atom. The van der Waals surface area contributed by atoms with Crippen LogP contribution in [0.4, 0.5) is 5.82 Å². The first-order valence-electron chi connectivity index (χ1n) is 12.6. The monoisotopic (exact) mass is 535 g/mol. The fraction of sp³-hybridized carbons (Fsp3) is 0.370.